The van der Waals surface area contributed by atoms with E-state index in [-0.39, 0.29) is 0 Å². The summed E-state index contributed by atoms with van der Waals surface area (Å²) in [6.07, 6.45) is 0.820. The van der Waals surface area contributed by atoms with E-state index in [1.165, 1.54) is 11.3 Å². The smallest absolute Gasteiger partial charge is 0.0746 e. The van der Waals surface area contributed by atoms with E-state index >= 15 is 0 Å². The van der Waals surface area contributed by atoms with Crippen molar-refractivity contribution < 1.29 is 5.11 Å². The fourth-order valence-corrected chi connectivity index (χ4v) is 2.84. The van der Waals surface area contributed by atoms with E-state index in [0.29, 0.717) is 12.5 Å². The second kappa shape index (κ2) is 8.40. The Kier molecular flexibility index (Phi) is 7.20. The first kappa shape index (κ1) is 18.0. The molecule has 0 saturated carbocycles. The third kappa shape index (κ3) is 6.49. The van der Waals surface area contributed by atoms with Crippen LogP contribution in [0.3, 0.4) is 0 Å². The Hall–Kier alpha value is -1.06. The number of anilines is 1. The molecule has 1 unspecified atom stereocenters. The molecule has 21 heavy (non-hydrogen) atoms. The van der Waals surface area contributed by atoms with Crippen molar-refractivity contribution in [3.8, 4) is 0 Å². The zero-order valence-electron chi connectivity index (χ0n) is 14.3. The summed E-state index contributed by atoms with van der Waals surface area (Å²) in [7, 11) is 0. The highest BCUT2D eigenvalue weighted by Gasteiger charge is 2.20. The summed E-state index contributed by atoms with van der Waals surface area (Å²) in [4.78, 5) is 2.34. The summed E-state index contributed by atoms with van der Waals surface area (Å²) < 4.78 is 0. The number of rotatable bonds is 9. The molecule has 0 aromatic heterocycles. The van der Waals surface area contributed by atoms with Gasteiger partial charge in [0.2, 0.25) is 0 Å². The van der Waals surface area contributed by atoms with Crippen molar-refractivity contribution in [3.05, 3.63) is 29.8 Å². The summed E-state index contributed by atoms with van der Waals surface area (Å²) in [5, 5.41) is 13.6. The Morgan fingerprint density at radius 3 is 2.19 bits per heavy atom. The Labute approximate surface area is 130 Å². The molecule has 0 fully saturated rings. The van der Waals surface area contributed by atoms with Gasteiger partial charge in [-0.2, -0.15) is 0 Å². The van der Waals surface area contributed by atoms with Gasteiger partial charge in [0, 0.05) is 31.9 Å². The van der Waals surface area contributed by atoms with Crippen molar-refractivity contribution >= 4 is 5.69 Å². The maximum absolute atomic E-state index is 10.3. The van der Waals surface area contributed by atoms with Gasteiger partial charge in [-0.25, -0.2) is 0 Å². The van der Waals surface area contributed by atoms with E-state index in [9.17, 15) is 5.11 Å². The van der Waals surface area contributed by atoms with E-state index in [4.69, 9.17) is 0 Å². The van der Waals surface area contributed by atoms with Crippen molar-refractivity contribution in [3.63, 3.8) is 0 Å². The molecule has 120 valence electrons. The molecular weight excluding hydrogens is 260 g/mol. The number of aliphatic hydroxyl groups is 1. The van der Waals surface area contributed by atoms with Crippen molar-refractivity contribution in [2.45, 2.75) is 53.2 Å². The lowest BCUT2D eigenvalue weighted by molar-refractivity contribution is 0.0383. The molecule has 0 aliphatic heterocycles. The zero-order chi connectivity index (χ0) is 15.9. The molecule has 3 heteroatoms. The molecule has 0 amide bonds. The topological polar surface area (TPSA) is 35.5 Å². The Morgan fingerprint density at radius 1 is 1.14 bits per heavy atom. The van der Waals surface area contributed by atoms with Crippen LogP contribution in [0.2, 0.25) is 0 Å². The summed E-state index contributed by atoms with van der Waals surface area (Å²) in [5.74, 6) is 0.509. The number of benzene rings is 1. The monoisotopic (exact) mass is 292 g/mol. The predicted molar refractivity (Wildman–Crippen MR) is 91.8 cm³/mol. The molecule has 1 aromatic rings. The molecule has 2 N–H and O–H groups in total. The van der Waals surface area contributed by atoms with Gasteiger partial charge in [0.05, 0.1) is 5.60 Å². The minimum Gasteiger partial charge on any atom is -0.389 e. The van der Waals surface area contributed by atoms with Gasteiger partial charge >= 0.3 is 0 Å². The average molecular weight is 292 g/mol. The number of hydrogen-bond acceptors (Lipinski definition) is 3. The lowest BCUT2D eigenvalue weighted by atomic mass is 9.94. The quantitative estimate of drug-likeness (QED) is 0.732. The van der Waals surface area contributed by atoms with Crippen LogP contribution >= 0.6 is 0 Å². The maximum atomic E-state index is 10.3. The molecular formula is C18H32N2O. The summed E-state index contributed by atoms with van der Waals surface area (Å²) in [5.41, 5.74) is 1.90. The van der Waals surface area contributed by atoms with Gasteiger partial charge in [-0.15, -0.1) is 0 Å². The standard InChI is InChI=1S/C18H32N2O/c1-6-20(7-2)17-10-8-16(9-11-17)13-19-14-18(5,21)12-15(3)4/h8-11,15,19,21H,6-7,12-14H2,1-5H3. The second-order valence-corrected chi connectivity index (χ2v) is 6.54. The maximum Gasteiger partial charge on any atom is 0.0746 e. The molecule has 0 spiro atoms. The van der Waals surface area contributed by atoms with Gasteiger partial charge < -0.3 is 15.3 Å². The first-order chi connectivity index (χ1) is 9.88. The van der Waals surface area contributed by atoms with Gasteiger partial charge in [0.25, 0.3) is 0 Å². The number of nitrogens with zero attached hydrogens (tertiary/aromatic N) is 1. The van der Waals surface area contributed by atoms with Crippen LogP contribution in [-0.2, 0) is 6.54 Å². The molecule has 0 radical (unpaired) electrons. The van der Waals surface area contributed by atoms with Crippen LogP contribution < -0.4 is 10.2 Å². The predicted octanol–water partition coefficient (Wildman–Crippen LogP) is 3.42. The van der Waals surface area contributed by atoms with Gasteiger partial charge in [-0.3, -0.25) is 0 Å². The summed E-state index contributed by atoms with van der Waals surface area (Å²) >= 11 is 0. The molecule has 0 saturated heterocycles. The third-order valence-corrected chi connectivity index (χ3v) is 3.75. The van der Waals surface area contributed by atoms with Gasteiger partial charge in [0.15, 0.2) is 0 Å². The van der Waals surface area contributed by atoms with E-state index < -0.39 is 5.60 Å². The van der Waals surface area contributed by atoms with Crippen LogP contribution in [-0.4, -0.2) is 30.3 Å². The zero-order valence-corrected chi connectivity index (χ0v) is 14.3. The Balaban J connectivity index is 2.46. The van der Waals surface area contributed by atoms with Gasteiger partial charge in [-0.1, -0.05) is 26.0 Å². The molecule has 1 rings (SSSR count). The molecule has 1 aromatic carbocycles. The fraction of sp³-hybridized carbons (Fsp3) is 0.667. The largest absolute Gasteiger partial charge is 0.389 e. The lowest BCUT2D eigenvalue weighted by Crippen LogP contribution is -2.38. The normalized spacial score (nSPS) is 14.2. The first-order valence-corrected chi connectivity index (χ1v) is 8.15. The van der Waals surface area contributed by atoms with Crippen molar-refractivity contribution in [2.75, 3.05) is 24.5 Å². The molecule has 0 aliphatic rings. The highest BCUT2D eigenvalue weighted by molar-refractivity contribution is 5.47. The van der Waals surface area contributed by atoms with E-state index in [1.54, 1.807) is 0 Å². The van der Waals surface area contributed by atoms with Crippen LogP contribution in [0.1, 0.15) is 46.6 Å². The SMILES string of the molecule is CCN(CC)c1ccc(CNCC(C)(O)CC(C)C)cc1. The van der Waals surface area contributed by atoms with E-state index in [2.05, 4.69) is 62.2 Å². The Bertz CT molecular complexity index is 394. The molecule has 0 bridgehead atoms. The highest BCUT2D eigenvalue weighted by Crippen LogP contribution is 2.17. The minimum absolute atomic E-state index is 0.509. The second-order valence-electron chi connectivity index (χ2n) is 6.54. The number of nitrogens with one attached hydrogen (secondary N) is 1. The summed E-state index contributed by atoms with van der Waals surface area (Å²) in [6.45, 7) is 14.0. The van der Waals surface area contributed by atoms with Crippen LogP contribution in [0.25, 0.3) is 0 Å². The van der Waals surface area contributed by atoms with Crippen molar-refractivity contribution in [2.24, 2.45) is 5.92 Å². The van der Waals surface area contributed by atoms with E-state index in [1.807, 2.05) is 6.92 Å². The summed E-state index contributed by atoms with van der Waals surface area (Å²) in [6, 6.07) is 8.68. The van der Waals surface area contributed by atoms with Crippen molar-refractivity contribution in [1.29, 1.82) is 0 Å². The van der Waals surface area contributed by atoms with Crippen LogP contribution in [0, 0.1) is 5.92 Å². The molecule has 0 heterocycles. The molecule has 1 atom stereocenters. The highest BCUT2D eigenvalue weighted by atomic mass is 16.3. The van der Waals surface area contributed by atoms with Gasteiger partial charge in [-0.05, 0) is 50.8 Å². The fourth-order valence-electron chi connectivity index (χ4n) is 2.84. The molecule has 3 nitrogen and oxygen atoms in total. The minimum atomic E-state index is -0.630. The Morgan fingerprint density at radius 2 is 1.71 bits per heavy atom. The van der Waals surface area contributed by atoms with Crippen molar-refractivity contribution in [1.82, 2.24) is 5.32 Å². The van der Waals surface area contributed by atoms with Crippen LogP contribution in [0.15, 0.2) is 24.3 Å². The molecule has 0 aliphatic carbocycles. The number of hydrogen-bond donors (Lipinski definition) is 2. The van der Waals surface area contributed by atoms with Gasteiger partial charge in [0.1, 0.15) is 0 Å². The lowest BCUT2D eigenvalue weighted by Gasteiger charge is -2.26. The van der Waals surface area contributed by atoms with Crippen LogP contribution in [0.4, 0.5) is 5.69 Å². The average Bonchev–Trinajstić information content (AvgIpc) is 2.40. The van der Waals surface area contributed by atoms with E-state index in [0.717, 1.165) is 26.1 Å². The third-order valence-electron chi connectivity index (χ3n) is 3.75. The van der Waals surface area contributed by atoms with Crippen LogP contribution in [0.5, 0.6) is 0 Å². The first-order valence-electron chi connectivity index (χ1n) is 8.15.